The number of aliphatic hydroxyl groups is 2. The Morgan fingerprint density at radius 2 is 1.89 bits per heavy atom. The first-order valence-corrected chi connectivity index (χ1v) is 11.2. The maximum atomic E-state index is 13.5. The molecule has 1 aromatic heterocycles. The molecule has 0 unspecified atom stereocenters. The van der Waals surface area contributed by atoms with Crippen LogP contribution in [-0.4, -0.2) is 57.9 Å². The van der Waals surface area contributed by atoms with Crippen LogP contribution in [0.15, 0.2) is 66.9 Å². The molecule has 0 saturated heterocycles. The molecule has 0 bridgehead atoms. The number of aromatic nitrogens is 1. The van der Waals surface area contributed by atoms with Crippen molar-refractivity contribution in [3.05, 3.63) is 89.2 Å². The Hall–Kier alpha value is -3.93. The highest BCUT2D eigenvalue weighted by molar-refractivity contribution is 5.80. The van der Waals surface area contributed by atoms with E-state index in [0.717, 1.165) is 5.56 Å². The minimum Gasteiger partial charge on any atom is -0.506 e. The van der Waals surface area contributed by atoms with Crippen LogP contribution in [0.3, 0.4) is 0 Å². The van der Waals surface area contributed by atoms with E-state index in [1.807, 2.05) is 30.3 Å². The van der Waals surface area contributed by atoms with Crippen LogP contribution in [0.1, 0.15) is 28.3 Å². The van der Waals surface area contributed by atoms with Gasteiger partial charge in [-0.05, 0) is 23.3 Å². The number of pyridine rings is 1. The van der Waals surface area contributed by atoms with Crippen LogP contribution in [0.25, 0.3) is 0 Å². The maximum Gasteiger partial charge on any atom is 0.228 e. The molecular formula is C27H27N3O5. The highest BCUT2D eigenvalue weighted by Crippen LogP contribution is 2.53. The lowest BCUT2D eigenvalue weighted by atomic mass is 9.67. The van der Waals surface area contributed by atoms with Gasteiger partial charge in [0.1, 0.15) is 17.1 Å². The molecule has 4 rings (SSSR count). The predicted octanol–water partition coefficient (Wildman–Crippen LogP) is 2.33. The summed E-state index contributed by atoms with van der Waals surface area (Å²) in [5, 5.41) is 40.3. The summed E-state index contributed by atoms with van der Waals surface area (Å²) in [4.78, 5) is 19.3. The summed E-state index contributed by atoms with van der Waals surface area (Å²) in [5.74, 6) is -1.90. The van der Waals surface area contributed by atoms with E-state index in [0.29, 0.717) is 22.6 Å². The number of hydrogen-bond donors (Lipinski definition) is 3. The molecule has 8 nitrogen and oxygen atoms in total. The van der Waals surface area contributed by atoms with Gasteiger partial charge in [-0.15, -0.1) is 0 Å². The Labute approximate surface area is 203 Å². The van der Waals surface area contributed by atoms with Crippen LogP contribution >= 0.6 is 0 Å². The van der Waals surface area contributed by atoms with Gasteiger partial charge in [0.05, 0.1) is 42.2 Å². The predicted molar refractivity (Wildman–Crippen MR) is 128 cm³/mol. The Kier molecular flexibility index (Phi) is 6.74. The van der Waals surface area contributed by atoms with Gasteiger partial charge in [0.2, 0.25) is 5.91 Å². The van der Waals surface area contributed by atoms with Gasteiger partial charge in [-0.25, -0.2) is 0 Å². The van der Waals surface area contributed by atoms with Gasteiger partial charge >= 0.3 is 0 Å². The molecule has 1 aliphatic heterocycles. The topological polar surface area (TPSA) is 127 Å². The molecule has 0 fully saturated rings. The van der Waals surface area contributed by atoms with Gasteiger partial charge in [-0.3, -0.25) is 9.78 Å². The fourth-order valence-corrected chi connectivity index (χ4v) is 4.87. The van der Waals surface area contributed by atoms with E-state index in [4.69, 9.17) is 4.74 Å². The van der Waals surface area contributed by atoms with Crippen LogP contribution in [-0.2, 0) is 16.8 Å². The zero-order valence-electron chi connectivity index (χ0n) is 19.5. The Balaban J connectivity index is 2.00. The quantitative estimate of drug-likeness (QED) is 0.481. The molecule has 3 aromatic rings. The number of carbonyl (C=O) groups is 1. The van der Waals surface area contributed by atoms with E-state index in [1.54, 1.807) is 38.4 Å². The number of amides is 1. The molecule has 0 aliphatic carbocycles. The average Bonchev–Trinajstić information content (AvgIpc) is 3.26. The number of carbonyl (C=O) groups excluding carboxylic acids is 1. The number of ether oxygens (including phenoxy) is 1. The van der Waals surface area contributed by atoms with Crippen molar-refractivity contribution in [3.63, 3.8) is 0 Å². The molecular weight excluding hydrogens is 446 g/mol. The molecule has 35 heavy (non-hydrogen) atoms. The monoisotopic (exact) mass is 473 g/mol. The molecule has 0 radical (unpaired) electrons. The lowest BCUT2D eigenvalue weighted by molar-refractivity contribution is -0.143. The maximum absolute atomic E-state index is 13.5. The van der Waals surface area contributed by atoms with Crippen molar-refractivity contribution in [2.45, 2.75) is 24.0 Å². The van der Waals surface area contributed by atoms with E-state index in [2.05, 4.69) is 11.1 Å². The highest BCUT2D eigenvalue weighted by atomic mass is 16.5. The van der Waals surface area contributed by atoms with Gasteiger partial charge in [-0.2, -0.15) is 5.26 Å². The van der Waals surface area contributed by atoms with Gasteiger partial charge in [-0.1, -0.05) is 42.5 Å². The van der Waals surface area contributed by atoms with Crippen LogP contribution in [0, 0.1) is 17.2 Å². The Morgan fingerprint density at radius 3 is 2.49 bits per heavy atom. The standard InChI is InChI=1S/C27H27N3O5/c1-30(2)26(34)24(22(33)16-31)25(18-6-4-3-5-7-18)27(19-10-8-17(14-28)9-11-19)13-21-23(35-27)12-20(32)15-29-21/h3-12,15,22,24-25,31-33H,13,16H2,1-2H3/t22-,24-,25+,27-/m0/s1. The smallest absolute Gasteiger partial charge is 0.228 e. The van der Waals surface area contributed by atoms with Gasteiger partial charge in [0, 0.05) is 32.5 Å². The minimum absolute atomic E-state index is 0.0630. The third-order valence-corrected chi connectivity index (χ3v) is 6.49. The molecule has 3 N–H and O–H groups in total. The summed E-state index contributed by atoms with van der Waals surface area (Å²) in [5.41, 5.74) is 1.21. The number of nitrogens with zero attached hydrogens (tertiary/aromatic N) is 3. The normalized spacial score (nSPS) is 19.1. The largest absolute Gasteiger partial charge is 0.506 e. The molecule has 4 atom stereocenters. The molecule has 0 spiro atoms. The summed E-state index contributed by atoms with van der Waals surface area (Å²) < 4.78 is 6.59. The molecule has 180 valence electrons. The summed E-state index contributed by atoms with van der Waals surface area (Å²) in [6.07, 6.45) is 0.197. The lowest BCUT2D eigenvalue weighted by Crippen LogP contribution is -2.51. The molecule has 2 heterocycles. The average molecular weight is 474 g/mol. The molecule has 2 aromatic carbocycles. The summed E-state index contributed by atoms with van der Waals surface area (Å²) >= 11 is 0. The van der Waals surface area contributed by atoms with Crippen molar-refractivity contribution in [1.82, 2.24) is 9.88 Å². The third-order valence-electron chi connectivity index (χ3n) is 6.49. The summed E-state index contributed by atoms with van der Waals surface area (Å²) in [6, 6.07) is 19.7. The van der Waals surface area contributed by atoms with Crippen molar-refractivity contribution in [2.75, 3.05) is 20.7 Å². The van der Waals surface area contributed by atoms with E-state index in [9.17, 15) is 25.4 Å². The van der Waals surface area contributed by atoms with Crippen molar-refractivity contribution in [3.8, 4) is 17.6 Å². The zero-order chi connectivity index (χ0) is 25.2. The first-order chi connectivity index (χ1) is 16.8. The van der Waals surface area contributed by atoms with Crippen molar-refractivity contribution in [2.24, 2.45) is 5.92 Å². The lowest BCUT2D eigenvalue weighted by Gasteiger charge is -2.43. The first-order valence-electron chi connectivity index (χ1n) is 11.2. The van der Waals surface area contributed by atoms with Crippen LogP contribution in [0.5, 0.6) is 11.5 Å². The van der Waals surface area contributed by atoms with Crippen molar-refractivity contribution >= 4 is 5.91 Å². The number of fused-ring (bicyclic) bond motifs is 1. The van der Waals surface area contributed by atoms with Crippen LogP contribution in [0.4, 0.5) is 0 Å². The number of rotatable bonds is 7. The van der Waals surface area contributed by atoms with Gasteiger partial charge in [0.15, 0.2) is 0 Å². The molecule has 1 aliphatic rings. The second kappa shape index (κ2) is 9.74. The third kappa shape index (κ3) is 4.44. The van der Waals surface area contributed by atoms with E-state index >= 15 is 0 Å². The number of aliphatic hydroxyl groups excluding tert-OH is 2. The van der Waals surface area contributed by atoms with Crippen LogP contribution in [0.2, 0.25) is 0 Å². The van der Waals surface area contributed by atoms with Crippen LogP contribution < -0.4 is 4.74 Å². The van der Waals surface area contributed by atoms with Gasteiger partial charge < -0.3 is 25.0 Å². The van der Waals surface area contributed by atoms with Crippen molar-refractivity contribution in [1.29, 1.82) is 5.26 Å². The fourth-order valence-electron chi connectivity index (χ4n) is 4.87. The number of hydrogen-bond acceptors (Lipinski definition) is 7. The SMILES string of the molecule is CN(C)C(=O)[C@H]([C@@H](c1ccccc1)[C@@]1(c2ccc(C#N)cc2)Cc2ncc(O)cc2O1)[C@@H](O)CO. The van der Waals surface area contributed by atoms with Crippen molar-refractivity contribution < 1.29 is 24.9 Å². The summed E-state index contributed by atoms with van der Waals surface area (Å²) in [7, 11) is 3.19. The summed E-state index contributed by atoms with van der Waals surface area (Å²) in [6.45, 7) is -0.622. The second-order valence-corrected chi connectivity index (χ2v) is 8.89. The number of aromatic hydroxyl groups is 1. The molecule has 8 heteroatoms. The molecule has 0 saturated carbocycles. The van der Waals surface area contributed by atoms with Gasteiger partial charge in [0.25, 0.3) is 0 Å². The molecule has 1 amide bonds. The second-order valence-electron chi connectivity index (χ2n) is 8.89. The fraction of sp³-hybridized carbons (Fsp3) is 0.296. The minimum atomic E-state index is -1.38. The number of nitriles is 1. The Morgan fingerprint density at radius 1 is 1.20 bits per heavy atom. The van der Waals surface area contributed by atoms with E-state index in [-0.39, 0.29) is 18.1 Å². The van der Waals surface area contributed by atoms with E-state index in [1.165, 1.54) is 17.2 Å². The van der Waals surface area contributed by atoms with E-state index < -0.39 is 30.1 Å². The highest BCUT2D eigenvalue weighted by Gasteiger charge is 2.55. The number of benzene rings is 2. The zero-order valence-corrected chi connectivity index (χ0v) is 19.5. The Bertz CT molecular complexity index is 1240. The first kappa shape index (κ1) is 24.2.